The average Bonchev–Trinajstić information content (AvgIpc) is 2.94. The van der Waals surface area contributed by atoms with Crippen LogP contribution in [0.1, 0.15) is 4.88 Å². The zero-order valence-electron chi connectivity index (χ0n) is 10.6. The SMILES string of the molecule is COc1ccc2cccc(-c3cc(CN)sn3)c2c1. The molecule has 1 heterocycles. The number of nitrogens with zero attached hydrogens (tertiary/aromatic N) is 1. The summed E-state index contributed by atoms with van der Waals surface area (Å²) in [7, 11) is 1.68. The Kier molecular flexibility index (Phi) is 3.19. The van der Waals surface area contributed by atoms with Crippen LogP contribution in [0.4, 0.5) is 0 Å². The zero-order chi connectivity index (χ0) is 13.2. The van der Waals surface area contributed by atoms with E-state index in [4.69, 9.17) is 10.5 Å². The van der Waals surface area contributed by atoms with Crippen molar-refractivity contribution in [1.82, 2.24) is 4.37 Å². The first-order valence-corrected chi connectivity index (χ1v) is 6.82. The number of hydrogen-bond donors (Lipinski definition) is 1. The van der Waals surface area contributed by atoms with Crippen LogP contribution in [-0.4, -0.2) is 11.5 Å². The van der Waals surface area contributed by atoms with Gasteiger partial charge in [-0.2, -0.15) is 4.37 Å². The second-order valence-electron chi connectivity index (χ2n) is 4.28. The van der Waals surface area contributed by atoms with Gasteiger partial charge >= 0.3 is 0 Å². The molecule has 96 valence electrons. The highest BCUT2D eigenvalue weighted by Gasteiger charge is 2.08. The van der Waals surface area contributed by atoms with Crippen LogP contribution in [0, 0.1) is 0 Å². The molecule has 0 aliphatic rings. The summed E-state index contributed by atoms with van der Waals surface area (Å²) < 4.78 is 9.79. The second-order valence-corrected chi connectivity index (χ2v) is 5.16. The van der Waals surface area contributed by atoms with Crippen LogP contribution in [0.25, 0.3) is 22.0 Å². The summed E-state index contributed by atoms with van der Waals surface area (Å²) in [5, 5.41) is 2.33. The van der Waals surface area contributed by atoms with Gasteiger partial charge in [-0.1, -0.05) is 24.3 Å². The van der Waals surface area contributed by atoms with Gasteiger partial charge in [0, 0.05) is 17.0 Å². The van der Waals surface area contributed by atoms with Crippen LogP contribution >= 0.6 is 11.5 Å². The molecule has 4 heteroatoms. The Hall–Kier alpha value is -1.91. The minimum absolute atomic E-state index is 0.533. The monoisotopic (exact) mass is 270 g/mol. The molecule has 0 saturated heterocycles. The maximum Gasteiger partial charge on any atom is 0.119 e. The molecule has 0 amide bonds. The van der Waals surface area contributed by atoms with E-state index in [1.807, 2.05) is 18.2 Å². The predicted molar refractivity (Wildman–Crippen MR) is 79.5 cm³/mol. The van der Waals surface area contributed by atoms with Crippen LogP contribution < -0.4 is 10.5 Å². The summed E-state index contributed by atoms with van der Waals surface area (Å²) >= 11 is 1.46. The predicted octanol–water partition coefficient (Wildman–Crippen LogP) is 3.43. The molecule has 3 aromatic rings. The molecule has 3 rings (SSSR count). The highest BCUT2D eigenvalue weighted by atomic mass is 32.1. The van der Waals surface area contributed by atoms with E-state index in [-0.39, 0.29) is 0 Å². The van der Waals surface area contributed by atoms with Crippen molar-refractivity contribution >= 4 is 22.3 Å². The van der Waals surface area contributed by atoms with Crippen molar-refractivity contribution in [3.63, 3.8) is 0 Å². The van der Waals surface area contributed by atoms with Gasteiger partial charge in [-0.25, -0.2) is 0 Å². The van der Waals surface area contributed by atoms with E-state index in [9.17, 15) is 0 Å². The van der Waals surface area contributed by atoms with E-state index in [2.05, 4.69) is 28.6 Å². The number of benzene rings is 2. The van der Waals surface area contributed by atoms with Gasteiger partial charge in [0.25, 0.3) is 0 Å². The highest BCUT2D eigenvalue weighted by Crippen LogP contribution is 2.31. The fourth-order valence-electron chi connectivity index (χ4n) is 2.14. The molecule has 0 spiro atoms. The largest absolute Gasteiger partial charge is 0.497 e. The van der Waals surface area contributed by atoms with Crippen molar-refractivity contribution < 1.29 is 4.74 Å². The summed E-state index contributed by atoms with van der Waals surface area (Å²) in [5.41, 5.74) is 7.74. The molecule has 2 N–H and O–H groups in total. The van der Waals surface area contributed by atoms with E-state index in [1.54, 1.807) is 7.11 Å². The lowest BCUT2D eigenvalue weighted by atomic mass is 10.0. The average molecular weight is 270 g/mol. The fourth-order valence-corrected chi connectivity index (χ4v) is 2.74. The molecule has 0 unspecified atom stereocenters. The van der Waals surface area contributed by atoms with Crippen molar-refractivity contribution in [2.75, 3.05) is 7.11 Å². The van der Waals surface area contributed by atoms with Crippen molar-refractivity contribution in [2.45, 2.75) is 6.54 Å². The number of nitrogens with two attached hydrogens (primary N) is 1. The van der Waals surface area contributed by atoms with Gasteiger partial charge in [0.2, 0.25) is 0 Å². The van der Waals surface area contributed by atoms with Crippen LogP contribution in [0.15, 0.2) is 42.5 Å². The zero-order valence-corrected chi connectivity index (χ0v) is 11.4. The lowest BCUT2D eigenvalue weighted by molar-refractivity contribution is 0.415. The maximum absolute atomic E-state index is 5.65. The summed E-state index contributed by atoms with van der Waals surface area (Å²) in [6.45, 7) is 0.533. The molecule has 0 aliphatic heterocycles. The Morgan fingerprint density at radius 1 is 1.21 bits per heavy atom. The Bertz CT molecular complexity index is 721. The van der Waals surface area contributed by atoms with E-state index in [0.717, 1.165) is 27.3 Å². The summed E-state index contributed by atoms with van der Waals surface area (Å²) in [6, 6.07) is 14.4. The Morgan fingerprint density at radius 2 is 2.11 bits per heavy atom. The van der Waals surface area contributed by atoms with Crippen LogP contribution in [-0.2, 0) is 6.54 Å². The third-order valence-electron chi connectivity index (χ3n) is 3.13. The minimum Gasteiger partial charge on any atom is -0.497 e. The second kappa shape index (κ2) is 4.99. The van der Waals surface area contributed by atoms with Crippen molar-refractivity contribution in [3.05, 3.63) is 47.3 Å². The molecule has 0 fully saturated rings. The molecule has 0 aliphatic carbocycles. The van der Waals surface area contributed by atoms with Crippen molar-refractivity contribution in [3.8, 4) is 17.0 Å². The van der Waals surface area contributed by atoms with E-state index in [0.29, 0.717) is 6.54 Å². The Morgan fingerprint density at radius 3 is 2.84 bits per heavy atom. The van der Waals surface area contributed by atoms with Gasteiger partial charge in [-0.05, 0) is 40.5 Å². The van der Waals surface area contributed by atoms with Gasteiger partial charge in [0.15, 0.2) is 0 Å². The lowest BCUT2D eigenvalue weighted by Crippen LogP contribution is -1.91. The van der Waals surface area contributed by atoms with Gasteiger partial charge in [-0.15, -0.1) is 0 Å². The van der Waals surface area contributed by atoms with E-state index >= 15 is 0 Å². The van der Waals surface area contributed by atoms with Crippen LogP contribution in [0.2, 0.25) is 0 Å². The van der Waals surface area contributed by atoms with Gasteiger partial charge in [0.1, 0.15) is 5.75 Å². The standard InChI is InChI=1S/C15H14N2OS/c1-18-11-6-5-10-3-2-4-13(14(10)7-11)15-8-12(9-16)19-17-15/h2-8H,9,16H2,1H3. The van der Waals surface area contributed by atoms with E-state index < -0.39 is 0 Å². The number of rotatable bonds is 3. The number of ether oxygens (including phenoxy) is 1. The molecule has 1 aromatic heterocycles. The first-order valence-electron chi connectivity index (χ1n) is 6.04. The summed E-state index contributed by atoms with van der Waals surface area (Å²) in [6.07, 6.45) is 0. The molecule has 3 nitrogen and oxygen atoms in total. The molecule has 2 aromatic carbocycles. The van der Waals surface area contributed by atoms with E-state index in [1.165, 1.54) is 16.9 Å². The topological polar surface area (TPSA) is 48.1 Å². The lowest BCUT2D eigenvalue weighted by Gasteiger charge is -2.06. The molecule has 0 saturated carbocycles. The fraction of sp³-hybridized carbons (Fsp3) is 0.133. The van der Waals surface area contributed by atoms with Gasteiger partial charge in [-0.3, -0.25) is 0 Å². The minimum atomic E-state index is 0.533. The van der Waals surface area contributed by atoms with Crippen LogP contribution in [0.5, 0.6) is 5.75 Å². The summed E-state index contributed by atoms with van der Waals surface area (Å²) in [4.78, 5) is 1.09. The normalized spacial score (nSPS) is 10.8. The smallest absolute Gasteiger partial charge is 0.119 e. The number of aromatic nitrogens is 1. The van der Waals surface area contributed by atoms with Gasteiger partial charge in [0.05, 0.1) is 12.8 Å². The number of fused-ring (bicyclic) bond motifs is 1. The summed E-state index contributed by atoms with van der Waals surface area (Å²) in [5.74, 6) is 0.856. The Balaban J connectivity index is 2.21. The molecule has 0 atom stereocenters. The van der Waals surface area contributed by atoms with Crippen molar-refractivity contribution in [2.24, 2.45) is 5.73 Å². The van der Waals surface area contributed by atoms with Crippen LogP contribution in [0.3, 0.4) is 0 Å². The molecule has 0 bridgehead atoms. The third-order valence-corrected chi connectivity index (χ3v) is 3.93. The highest BCUT2D eigenvalue weighted by molar-refractivity contribution is 7.06. The molecular formula is C15H14N2OS. The molecular weight excluding hydrogens is 256 g/mol. The first kappa shape index (κ1) is 12.1. The van der Waals surface area contributed by atoms with Gasteiger partial charge < -0.3 is 10.5 Å². The Labute approximate surface area is 115 Å². The molecule has 19 heavy (non-hydrogen) atoms. The quantitative estimate of drug-likeness (QED) is 0.793. The van der Waals surface area contributed by atoms with Crippen molar-refractivity contribution in [1.29, 1.82) is 0 Å². The third kappa shape index (κ3) is 2.20. The molecule has 0 radical (unpaired) electrons. The number of hydrogen-bond acceptors (Lipinski definition) is 4. The first-order chi connectivity index (χ1) is 9.31. The maximum atomic E-state index is 5.65. The number of methoxy groups -OCH3 is 1.